The van der Waals surface area contributed by atoms with E-state index in [4.69, 9.17) is 11.6 Å². The Bertz CT molecular complexity index is 1640. The second-order valence-electron chi connectivity index (χ2n) is 7.90. The molecule has 2 aromatic carbocycles. The van der Waals surface area contributed by atoms with Crippen molar-refractivity contribution in [2.24, 2.45) is 0 Å². The number of nitriles is 2. The van der Waals surface area contributed by atoms with Crippen molar-refractivity contribution in [3.8, 4) is 12.1 Å². The number of nitrogens with zero attached hydrogens (tertiary/aromatic N) is 4. The average molecular weight is 516 g/mol. The summed E-state index contributed by atoms with van der Waals surface area (Å²) >= 11 is 6.58. The molecular weight excluding hydrogens is 500 g/mol. The van der Waals surface area contributed by atoms with E-state index >= 15 is 0 Å². The van der Waals surface area contributed by atoms with E-state index < -0.39 is 17.8 Å². The van der Waals surface area contributed by atoms with Crippen molar-refractivity contribution in [3.63, 3.8) is 0 Å². The van der Waals surface area contributed by atoms with Crippen molar-refractivity contribution in [3.05, 3.63) is 100 Å². The van der Waals surface area contributed by atoms with E-state index in [9.17, 15) is 19.3 Å². The monoisotopic (exact) mass is 515 g/mol. The zero-order valence-electron chi connectivity index (χ0n) is 18.8. The highest BCUT2D eigenvalue weighted by molar-refractivity contribution is 6.36. The van der Waals surface area contributed by atoms with Gasteiger partial charge in [-0.1, -0.05) is 29.8 Å². The quantitative estimate of drug-likeness (QED) is 0.232. The standard InChI is InChI=1S/C25H16ClF2N9/c26-19-6-15(34-24(21-12-33-37-36-21)17-4-2-1-3-13(17)8-29)5-18-22(14(9-30)10-31-23(18)19)35-16-7-20(27)25(28)32-11-16/h1-7,10-12,24,33-34,36-37H,(H,31,35)/t24-/m0/s1. The molecule has 0 saturated carbocycles. The second kappa shape index (κ2) is 9.95. The van der Waals surface area contributed by atoms with Gasteiger partial charge in [0.25, 0.3) is 0 Å². The topological polar surface area (TPSA) is 134 Å². The molecule has 0 bridgehead atoms. The normalized spacial score (nSPS) is 13.1. The fourth-order valence-electron chi connectivity index (χ4n) is 3.95. The summed E-state index contributed by atoms with van der Waals surface area (Å²) in [6.07, 6.45) is 4.17. The van der Waals surface area contributed by atoms with Crippen LogP contribution in [0.25, 0.3) is 10.9 Å². The lowest BCUT2D eigenvalue weighted by atomic mass is 9.98. The first-order chi connectivity index (χ1) is 18.0. The lowest BCUT2D eigenvalue weighted by molar-refractivity contribution is 0.480. The summed E-state index contributed by atoms with van der Waals surface area (Å²) in [5, 5.41) is 26.4. The average Bonchev–Trinajstić information content (AvgIpc) is 3.44. The molecule has 0 amide bonds. The van der Waals surface area contributed by atoms with Crippen LogP contribution in [0.15, 0.2) is 66.8 Å². The van der Waals surface area contributed by atoms with Crippen LogP contribution in [0.1, 0.15) is 22.7 Å². The Morgan fingerprint density at radius 3 is 2.51 bits per heavy atom. The number of hydrogen-bond acceptors (Lipinski definition) is 9. The molecule has 4 aromatic rings. The Kier molecular flexibility index (Phi) is 6.39. The van der Waals surface area contributed by atoms with E-state index in [1.54, 1.807) is 30.5 Å². The van der Waals surface area contributed by atoms with Gasteiger partial charge in [0.1, 0.15) is 6.07 Å². The molecule has 9 nitrogen and oxygen atoms in total. The van der Waals surface area contributed by atoms with Gasteiger partial charge in [0.2, 0.25) is 5.95 Å². The molecule has 1 aliphatic heterocycles. The van der Waals surface area contributed by atoms with Crippen LogP contribution in [-0.2, 0) is 0 Å². The van der Waals surface area contributed by atoms with E-state index in [0.717, 1.165) is 12.3 Å². The van der Waals surface area contributed by atoms with Crippen molar-refractivity contribution in [1.82, 2.24) is 26.4 Å². The third-order valence-electron chi connectivity index (χ3n) is 5.63. The number of aromatic nitrogens is 2. The van der Waals surface area contributed by atoms with Crippen molar-refractivity contribution >= 4 is 39.6 Å². The minimum absolute atomic E-state index is 0.135. The number of fused-ring (bicyclic) bond motifs is 1. The van der Waals surface area contributed by atoms with E-state index in [2.05, 4.69) is 49.1 Å². The van der Waals surface area contributed by atoms with Crippen LogP contribution >= 0.6 is 11.6 Å². The fourth-order valence-corrected chi connectivity index (χ4v) is 4.22. The molecule has 5 N–H and O–H groups in total. The highest BCUT2D eigenvalue weighted by Gasteiger charge is 2.23. The first-order valence-corrected chi connectivity index (χ1v) is 11.2. The first kappa shape index (κ1) is 23.8. The highest BCUT2D eigenvalue weighted by atomic mass is 35.5. The smallest absolute Gasteiger partial charge is 0.249 e. The molecule has 3 heterocycles. The lowest BCUT2D eigenvalue weighted by Crippen LogP contribution is -2.34. The number of rotatable bonds is 6. The molecule has 12 heteroatoms. The Labute approximate surface area is 214 Å². The van der Waals surface area contributed by atoms with Crippen molar-refractivity contribution < 1.29 is 8.78 Å². The molecule has 0 aliphatic carbocycles. The summed E-state index contributed by atoms with van der Waals surface area (Å²) in [4.78, 5) is 7.70. The molecule has 0 spiro atoms. The molecule has 5 rings (SSSR count). The molecule has 0 unspecified atom stereocenters. The minimum Gasteiger partial charge on any atom is -0.373 e. The van der Waals surface area contributed by atoms with Gasteiger partial charge in [-0.05, 0) is 23.8 Å². The number of halogens is 3. The molecular formula is C25H16ClF2N9. The number of pyridine rings is 2. The number of benzene rings is 2. The largest absolute Gasteiger partial charge is 0.373 e. The van der Waals surface area contributed by atoms with Gasteiger partial charge in [0.05, 0.1) is 57.0 Å². The number of hydrogen-bond donors (Lipinski definition) is 5. The van der Waals surface area contributed by atoms with Crippen LogP contribution in [0.3, 0.4) is 0 Å². The molecule has 2 aromatic heterocycles. The summed E-state index contributed by atoms with van der Waals surface area (Å²) in [6, 6.07) is 15.2. The van der Waals surface area contributed by atoms with E-state index in [0.29, 0.717) is 39.1 Å². The molecule has 1 atom stereocenters. The zero-order chi connectivity index (χ0) is 25.9. The Balaban J connectivity index is 1.62. The van der Waals surface area contributed by atoms with Gasteiger partial charge < -0.3 is 21.5 Å². The summed E-state index contributed by atoms with van der Waals surface area (Å²) in [6.45, 7) is 0. The lowest BCUT2D eigenvalue weighted by Gasteiger charge is -2.23. The maximum atomic E-state index is 13.8. The second-order valence-corrected chi connectivity index (χ2v) is 8.31. The Hall–Kier alpha value is -4.97. The Morgan fingerprint density at radius 2 is 1.78 bits per heavy atom. The molecule has 37 heavy (non-hydrogen) atoms. The van der Waals surface area contributed by atoms with Gasteiger partial charge >= 0.3 is 0 Å². The minimum atomic E-state index is -1.23. The maximum Gasteiger partial charge on any atom is 0.249 e. The van der Waals surface area contributed by atoms with Gasteiger partial charge in [0.15, 0.2) is 5.82 Å². The van der Waals surface area contributed by atoms with Crippen molar-refractivity contribution in [2.75, 3.05) is 10.6 Å². The SMILES string of the molecule is N#Cc1ccccc1[C@H](Nc1cc(Cl)c2ncc(C#N)c(Nc3cnc(F)c(F)c3)c2c1)C1=CNNN1. The van der Waals surface area contributed by atoms with Crippen LogP contribution in [0.2, 0.25) is 5.02 Å². The summed E-state index contributed by atoms with van der Waals surface area (Å²) in [7, 11) is 0. The third-order valence-corrected chi connectivity index (χ3v) is 5.92. The van der Waals surface area contributed by atoms with Gasteiger partial charge in [-0.2, -0.15) is 20.4 Å². The van der Waals surface area contributed by atoms with Gasteiger partial charge in [0, 0.05) is 29.5 Å². The predicted octanol–water partition coefficient (Wildman–Crippen LogP) is 4.66. The third kappa shape index (κ3) is 4.65. The number of hydrazine groups is 2. The maximum absolute atomic E-state index is 13.8. The number of nitrogens with one attached hydrogen (secondary N) is 5. The molecule has 0 saturated heterocycles. The van der Waals surface area contributed by atoms with E-state index in [-0.39, 0.29) is 16.3 Å². The summed E-state index contributed by atoms with van der Waals surface area (Å²) < 4.78 is 27.1. The summed E-state index contributed by atoms with van der Waals surface area (Å²) in [5.74, 6) is -2.37. The van der Waals surface area contributed by atoms with Crippen LogP contribution in [0.5, 0.6) is 0 Å². The summed E-state index contributed by atoms with van der Waals surface area (Å²) in [5.41, 5.74) is 12.1. The van der Waals surface area contributed by atoms with Gasteiger partial charge in [-0.15, -0.1) is 0 Å². The van der Waals surface area contributed by atoms with Crippen LogP contribution in [0, 0.1) is 34.4 Å². The number of anilines is 3. The van der Waals surface area contributed by atoms with Gasteiger partial charge in [-0.3, -0.25) is 4.98 Å². The predicted molar refractivity (Wildman–Crippen MR) is 134 cm³/mol. The van der Waals surface area contributed by atoms with Crippen LogP contribution in [0.4, 0.5) is 25.8 Å². The first-order valence-electron chi connectivity index (χ1n) is 10.8. The van der Waals surface area contributed by atoms with E-state index in [1.807, 2.05) is 12.1 Å². The van der Waals surface area contributed by atoms with Crippen LogP contribution < -0.4 is 27.0 Å². The molecule has 0 fully saturated rings. The fraction of sp³-hybridized carbons (Fsp3) is 0.0400. The van der Waals surface area contributed by atoms with E-state index in [1.165, 1.54) is 6.20 Å². The van der Waals surface area contributed by atoms with Crippen LogP contribution in [-0.4, -0.2) is 9.97 Å². The Morgan fingerprint density at radius 1 is 0.973 bits per heavy atom. The zero-order valence-corrected chi connectivity index (χ0v) is 19.5. The van der Waals surface area contributed by atoms with Crippen molar-refractivity contribution in [1.29, 1.82) is 10.5 Å². The van der Waals surface area contributed by atoms with Crippen molar-refractivity contribution in [2.45, 2.75) is 6.04 Å². The molecule has 1 aliphatic rings. The molecule has 182 valence electrons. The highest BCUT2D eigenvalue weighted by Crippen LogP contribution is 2.37. The molecule has 0 radical (unpaired) electrons. The van der Waals surface area contributed by atoms with Gasteiger partial charge in [-0.25, -0.2) is 9.37 Å².